The molecule has 4 aromatic rings. The molecule has 0 aliphatic heterocycles. The van der Waals surface area contributed by atoms with Gasteiger partial charge >= 0.3 is 0 Å². The van der Waals surface area contributed by atoms with Gasteiger partial charge in [0.05, 0.1) is 5.02 Å². The number of ketones is 1. The topological polar surface area (TPSA) is 30.2 Å². The van der Waals surface area contributed by atoms with E-state index in [1.165, 1.54) is 0 Å². The standard InChI is InChI=1S/C17H9ClO2S/c18-13-6-3-4-10-8-14(20-17(10)13)16(19)12-9-21-15-7-2-1-5-11(12)15/h1-9H. The highest BCUT2D eigenvalue weighted by atomic mass is 35.5. The molecule has 2 heterocycles. The van der Waals surface area contributed by atoms with Crippen molar-refractivity contribution in [1.29, 1.82) is 0 Å². The Morgan fingerprint density at radius 1 is 1.10 bits per heavy atom. The van der Waals surface area contributed by atoms with Gasteiger partial charge in [-0.3, -0.25) is 4.79 Å². The summed E-state index contributed by atoms with van der Waals surface area (Å²) in [7, 11) is 0. The number of carbonyl (C=O) groups is 1. The highest BCUT2D eigenvalue weighted by Gasteiger charge is 2.18. The van der Waals surface area contributed by atoms with Crippen LogP contribution in [0.4, 0.5) is 0 Å². The van der Waals surface area contributed by atoms with E-state index in [1.807, 2.05) is 41.8 Å². The van der Waals surface area contributed by atoms with Crippen LogP contribution in [0, 0.1) is 0 Å². The first-order valence-corrected chi connectivity index (χ1v) is 7.69. The van der Waals surface area contributed by atoms with E-state index in [2.05, 4.69) is 0 Å². The fourth-order valence-electron chi connectivity index (χ4n) is 2.43. The van der Waals surface area contributed by atoms with Crippen LogP contribution in [-0.2, 0) is 0 Å². The monoisotopic (exact) mass is 312 g/mol. The van der Waals surface area contributed by atoms with Crippen molar-refractivity contribution >= 4 is 49.8 Å². The summed E-state index contributed by atoms with van der Waals surface area (Å²) in [5.41, 5.74) is 1.23. The summed E-state index contributed by atoms with van der Waals surface area (Å²) in [5, 5.41) is 4.19. The fourth-order valence-corrected chi connectivity index (χ4v) is 3.59. The maximum absolute atomic E-state index is 12.7. The summed E-state index contributed by atoms with van der Waals surface area (Å²) in [6.07, 6.45) is 0. The molecule has 2 aromatic carbocycles. The van der Waals surface area contributed by atoms with Gasteiger partial charge in [0.15, 0.2) is 11.3 Å². The Balaban J connectivity index is 1.88. The Morgan fingerprint density at radius 3 is 2.81 bits per heavy atom. The lowest BCUT2D eigenvalue weighted by Crippen LogP contribution is -1.97. The van der Waals surface area contributed by atoms with Crippen LogP contribution in [0.3, 0.4) is 0 Å². The van der Waals surface area contributed by atoms with Crippen LogP contribution >= 0.6 is 22.9 Å². The second kappa shape index (κ2) is 4.72. The third-order valence-electron chi connectivity index (χ3n) is 3.45. The molecule has 0 aliphatic carbocycles. The molecule has 0 spiro atoms. The van der Waals surface area contributed by atoms with Gasteiger partial charge in [-0.15, -0.1) is 11.3 Å². The minimum Gasteiger partial charge on any atom is -0.451 e. The maximum Gasteiger partial charge on any atom is 0.229 e. The zero-order valence-electron chi connectivity index (χ0n) is 10.8. The highest BCUT2D eigenvalue weighted by Crippen LogP contribution is 2.31. The molecular weight excluding hydrogens is 304 g/mol. The average molecular weight is 313 g/mol. The van der Waals surface area contributed by atoms with E-state index in [4.69, 9.17) is 16.0 Å². The molecule has 0 atom stereocenters. The molecule has 0 N–H and O–H groups in total. The summed E-state index contributed by atoms with van der Waals surface area (Å²) in [6, 6.07) is 15.1. The Labute approximate surface area is 129 Å². The van der Waals surface area contributed by atoms with Crippen LogP contribution in [0.2, 0.25) is 5.02 Å². The molecule has 2 aromatic heterocycles. The van der Waals surface area contributed by atoms with Crippen LogP contribution in [0.15, 0.2) is 58.3 Å². The van der Waals surface area contributed by atoms with Crippen molar-refractivity contribution in [2.45, 2.75) is 0 Å². The van der Waals surface area contributed by atoms with Gasteiger partial charge in [-0.25, -0.2) is 0 Å². The van der Waals surface area contributed by atoms with E-state index in [0.29, 0.717) is 21.9 Å². The van der Waals surface area contributed by atoms with Crippen molar-refractivity contribution < 1.29 is 9.21 Å². The second-order valence-electron chi connectivity index (χ2n) is 4.74. The molecule has 4 heteroatoms. The van der Waals surface area contributed by atoms with Crippen molar-refractivity contribution in [1.82, 2.24) is 0 Å². The van der Waals surface area contributed by atoms with Crippen LogP contribution < -0.4 is 0 Å². The number of fused-ring (bicyclic) bond motifs is 2. The van der Waals surface area contributed by atoms with Crippen LogP contribution in [-0.4, -0.2) is 5.78 Å². The number of thiophene rings is 1. The third kappa shape index (κ3) is 1.97. The van der Waals surface area contributed by atoms with Gasteiger partial charge in [-0.05, 0) is 18.2 Å². The highest BCUT2D eigenvalue weighted by molar-refractivity contribution is 7.17. The third-order valence-corrected chi connectivity index (χ3v) is 4.71. The average Bonchev–Trinajstić information content (AvgIpc) is 3.11. The van der Waals surface area contributed by atoms with E-state index in [-0.39, 0.29) is 5.78 Å². The van der Waals surface area contributed by atoms with E-state index >= 15 is 0 Å². The number of rotatable bonds is 2. The number of halogens is 1. The molecule has 21 heavy (non-hydrogen) atoms. The van der Waals surface area contributed by atoms with Crippen molar-refractivity contribution in [2.75, 3.05) is 0 Å². The summed E-state index contributed by atoms with van der Waals surface area (Å²) in [6.45, 7) is 0. The first kappa shape index (κ1) is 12.6. The molecule has 0 amide bonds. The quantitative estimate of drug-likeness (QED) is 0.455. The van der Waals surface area contributed by atoms with E-state index < -0.39 is 0 Å². The molecule has 4 rings (SSSR count). The van der Waals surface area contributed by atoms with Gasteiger partial charge in [-0.2, -0.15) is 0 Å². The van der Waals surface area contributed by atoms with Gasteiger partial charge in [0.25, 0.3) is 0 Å². The van der Waals surface area contributed by atoms with Crippen molar-refractivity contribution in [3.63, 3.8) is 0 Å². The van der Waals surface area contributed by atoms with Crippen molar-refractivity contribution in [3.8, 4) is 0 Å². The minimum absolute atomic E-state index is 0.111. The molecule has 102 valence electrons. The van der Waals surface area contributed by atoms with Crippen LogP contribution in [0.5, 0.6) is 0 Å². The first-order chi connectivity index (χ1) is 10.2. The van der Waals surface area contributed by atoms with Gasteiger partial charge < -0.3 is 4.42 Å². The maximum atomic E-state index is 12.7. The number of hydrogen-bond donors (Lipinski definition) is 0. The summed E-state index contributed by atoms with van der Waals surface area (Å²) < 4.78 is 6.75. The van der Waals surface area contributed by atoms with E-state index in [0.717, 1.165) is 15.5 Å². The van der Waals surface area contributed by atoms with Crippen LogP contribution in [0.1, 0.15) is 16.1 Å². The predicted octanol–water partition coefficient (Wildman–Crippen LogP) is 5.53. The lowest BCUT2D eigenvalue weighted by molar-refractivity contribution is 0.101. The molecule has 2 nitrogen and oxygen atoms in total. The minimum atomic E-state index is -0.111. The lowest BCUT2D eigenvalue weighted by atomic mass is 10.1. The lowest BCUT2D eigenvalue weighted by Gasteiger charge is -1.95. The summed E-state index contributed by atoms with van der Waals surface area (Å²) in [4.78, 5) is 12.7. The fraction of sp³-hybridized carbons (Fsp3) is 0. The summed E-state index contributed by atoms with van der Waals surface area (Å²) >= 11 is 7.65. The Hall–Kier alpha value is -2.10. The van der Waals surface area contributed by atoms with E-state index in [1.54, 1.807) is 23.5 Å². The predicted molar refractivity (Wildman–Crippen MR) is 86.5 cm³/mol. The normalized spacial score (nSPS) is 11.3. The van der Waals surface area contributed by atoms with Gasteiger partial charge in [0, 0.05) is 26.4 Å². The number of furan rings is 1. The molecule has 0 saturated carbocycles. The number of hydrogen-bond acceptors (Lipinski definition) is 3. The molecule has 0 aliphatic rings. The smallest absolute Gasteiger partial charge is 0.229 e. The number of benzene rings is 2. The molecule has 0 radical (unpaired) electrons. The van der Waals surface area contributed by atoms with Gasteiger partial charge in [0.1, 0.15) is 0 Å². The SMILES string of the molecule is O=C(c1cc2cccc(Cl)c2o1)c1csc2ccccc12. The molecule has 0 saturated heterocycles. The number of para-hydroxylation sites is 1. The second-order valence-corrected chi connectivity index (χ2v) is 6.06. The molecule has 0 fully saturated rings. The molecular formula is C17H9ClO2S. The van der Waals surface area contributed by atoms with Crippen molar-refractivity contribution in [2.24, 2.45) is 0 Å². The number of carbonyl (C=O) groups excluding carboxylic acids is 1. The largest absolute Gasteiger partial charge is 0.451 e. The van der Waals surface area contributed by atoms with Crippen LogP contribution in [0.25, 0.3) is 21.1 Å². The van der Waals surface area contributed by atoms with Crippen molar-refractivity contribution in [3.05, 3.63) is 70.3 Å². The Morgan fingerprint density at radius 2 is 1.95 bits per heavy atom. The van der Waals surface area contributed by atoms with Gasteiger partial charge in [0.2, 0.25) is 5.78 Å². The van der Waals surface area contributed by atoms with E-state index in [9.17, 15) is 4.79 Å². The zero-order valence-corrected chi connectivity index (χ0v) is 12.4. The summed E-state index contributed by atoms with van der Waals surface area (Å²) in [5.74, 6) is 0.210. The Kier molecular flexibility index (Phi) is 2.84. The zero-order chi connectivity index (χ0) is 14.4. The first-order valence-electron chi connectivity index (χ1n) is 6.43. The van der Waals surface area contributed by atoms with Gasteiger partial charge in [-0.1, -0.05) is 41.9 Å². The molecule has 0 unspecified atom stereocenters. The molecule has 0 bridgehead atoms. The Bertz CT molecular complexity index is 981.